The van der Waals surface area contributed by atoms with Gasteiger partial charge in [0, 0.05) is 5.88 Å². The minimum atomic E-state index is -3.47. The van der Waals surface area contributed by atoms with Gasteiger partial charge < -0.3 is 0 Å². The van der Waals surface area contributed by atoms with Crippen LogP contribution in [0.1, 0.15) is 6.42 Å². The summed E-state index contributed by atoms with van der Waals surface area (Å²) in [5, 5.41) is 0. The van der Waals surface area contributed by atoms with Crippen LogP contribution in [0.3, 0.4) is 0 Å². The Morgan fingerprint density at radius 3 is 2.21 bits per heavy atom. The highest BCUT2D eigenvalue weighted by Crippen LogP contribution is 2.17. The Kier molecular flexibility index (Phi) is 5.45. The Balaban J connectivity index is 2.83. The standard InChI is InChI=1S/C10H15ClN2O4S2/c1-18(14,15)12-9-4-2-5-10(8-9)13-19(16,17)7-3-6-11/h2,4-5,8,12-13H,3,6-7H2,1H3. The van der Waals surface area contributed by atoms with E-state index in [4.69, 9.17) is 11.6 Å². The fraction of sp³-hybridized carbons (Fsp3) is 0.400. The first-order chi connectivity index (χ1) is 8.72. The number of nitrogens with one attached hydrogen (secondary N) is 2. The van der Waals surface area contributed by atoms with E-state index in [9.17, 15) is 16.8 Å². The zero-order chi connectivity index (χ0) is 14.5. The van der Waals surface area contributed by atoms with Crippen molar-refractivity contribution >= 4 is 43.0 Å². The van der Waals surface area contributed by atoms with Crippen molar-refractivity contribution in [3.05, 3.63) is 24.3 Å². The van der Waals surface area contributed by atoms with Gasteiger partial charge in [-0.2, -0.15) is 0 Å². The van der Waals surface area contributed by atoms with Gasteiger partial charge in [0.25, 0.3) is 0 Å². The zero-order valence-corrected chi connectivity index (χ0v) is 12.6. The lowest BCUT2D eigenvalue weighted by Gasteiger charge is -2.09. The Labute approximate surface area is 118 Å². The molecule has 2 N–H and O–H groups in total. The van der Waals surface area contributed by atoms with Crippen LogP contribution < -0.4 is 9.44 Å². The molecule has 1 aromatic carbocycles. The van der Waals surface area contributed by atoms with Gasteiger partial charge >= 0.3 is 0 Å². The molecule has 0 spiro atoms. The SMILES string of the molecule is CS(=O)(=O)Nc1cccc(NS(=O)(=O)CCCCl)c1. The number of sulfonamides is 2. The average molecular weight is 327 g/mol. The molecule has 0 aliphatic heterocycles. The average Bonchev–Trinajstić information content (AvgIpc) is 2.24. The molecule has 0 atom stereocenters. The first kappa shape index (κ1) is 16.1. The lowest BCUT2D eigenvalue weighted by atomic mass is 10.3. The molecule has 0 saturated carbocycles. The van der Waals surface area contributed by atoms with Crippen LogP contribution in [0.4, 0.5) is 11.4 Å². The summed E-state index contributed by atoms with van der Waals surface area (Å²) in [5.74, 6) is 0.177. The van der Waals surface area contributed by atoms with Gasteiger partial charge in [0.2, 0.25) is 20.0 Å². The molecule has 6 nitrogen and oxygen atoms in total. The minimum Gasteiger partial charge on any atom is -0.284 e. The molecule has 9 heteroatoms. The highest BCUT2D eigenvalue weighted by Gasteiger charge is 2.10. The molecule has 0 unspecified atom stereocenters. The van der Waals surface area contributed by atoms with Crippen molar-refractivity contribution in [3.63, 3.8) is 0 Å². The summed E-state index contributed by atoms with van der Waals surface area (Å²) in [6, 6.07) is 6.01. The Morgan fingerprint density at radius 2 is 1.68 bits per heavy atom. The quantitative estimate of drug-likeness (QED) is 0.741. The second kappa shape index (κ2) is 6.44. The number of rotatable bonds is 7. The molecule has 0 radical (unpaired) electrons. The molecule has 1 rings (SSSR count). The molecule has 108 valence electrons. The van der Waals surface area contributed by atoms with Gasteiger partial charge in [-0.15, -0.1) is 11.6 Å². The van der Waals surface area contributed by atoms with Crippen LogP contribution in [0, 0.1) is 0 Å². The molecule has 0 heterocycles. The Morgan fingerprint density at radius 1 is 1.11 bits per heavy atom. The smallest absolute Gasteiger partial charge is 0.232 e. The van der Waals surface area contributed by atoms with Crippen molar-refractivity contribution in [1.29, 1.82) is 0 Å². The summed E-state index contributed by atoms with van der Waals surface area (Å²) in [5.41, 5.74) is 0.586. The van der Waals surface area contributed by atoms with Crippen LogP contribution >= 0.6 is 11.6 Å². The fourth-order valence-electron chi connectivity index (χ4n) is 1.34. The molecule has 1 aromatic rings. The van der Waals surface area contributed by atoms with Crippen molar-refractivity contribution in [2.45, 2.75) is 6.42 Å². The maximum atomic E-state index is 11.6. The zero-order valence-electron chi connectivity index (χ0n) is 10.3. The number of hydrogen-bond acceptors (Lipinski definition) is 4. The summed E-state index contributed by atoms with van der Waals surface area (Å²) < 4.78 is 50.1. The van der Waals surface area contributed by atoms with E-state index in [0.29, 0.717) is 17.8 Å². The van der Waals surface area contributed by atoms with E-state index in [-0.39, 0.29) is 11.6 Å². The van der Waals surface area contributed by atoms with Crippen molar-refractivity contribution in [3.8, 4) is 0 Å². The topological polar surface area (TPSA) is 92.3 Å². The Bertz CT molecular complexity index is 629. The number of hydrogen-bond donors (Lipinski definition) is 2. The highest BCUT2D eigenvalue weighted by molar-refractivity contribution is 7.92. The third kappa shape index (κ3) is 6.65. The molecule has 0 amide bonds. The van der Waals surface area contributed by atoms with Crippen LogP contribution in [-0.4, -0.2) is 34.7 Å². The van der Waals surface area contributed by atoms with Gasteiger partial charge in [0.05, 0.1) is 23.4 Å². The molecule has 0 aliphatic rings. The first-order valence-electron chi connectivity index (χ1n) is 5.36. The van der Waals surface area contributed by atoms with Gasteiger partial charge in [-0.25, -0.2) is 16.8 Å². The number of alkyl halides is 1. The lowest BCUT2D eigenvalue weighted by Crippen LogP contribution is -2.17. The van der Waals surface area contributed by atoms with Crippen LogP contribution in [-0.2, 0) is 20.0 Å². The van der Waals surface area contributed by atoms with Crippen LogP contribution in [0.5, 0.6) is 0 Å². The number of benzene rings is 1. The molecule has 0 aromatic heterocycles. The molecule has 0 saturated heterocycles. The normalized spacial score (nSPS) is 12.1. The highest BCUT2D eigenvalue weighted by atomic mass is 35.5. The van der Waals surface area contributed by atoms with Crippen LogP contribution in [0.2, 0.25) is 0 Å². The van der Waals surface area contributed by atoms with E-state index >= 15 is 0 Å². The number of anilines is 2. The maximum Gasteiger partial charge on any atom is 0.232 e. The molecule has 0 fully saturated rings. The van der Waals surface area contributed by atoms with Crippen molar-refractivity contribution < 1.29 is 16.8 Å². The van der Waals surface area contributed by atoms with Crippen molar-refractivity contribution in [2.75, 3.05) is 27.3 Å². The monoisotopic (exact) mass is 326 g/mol. The minimum absolute atomic E-state index is 0.0831. The third-order valence-corrected chi connectivity index (χ3v) is 4.23. The van der Waals surface area contributed by atoms with Gasteiger partial charge in [0.15, 0.2) is 0 Å². The summed E-state index contributed by atoms with van der Waals surface area (Å²) in [7, 11) is -6.87. The predicted octanol–water partition coefficient (Wildman–Crippen LogP) is 1.43. The van der Waals surface area contributed by atoms with Gasteiger partial charge in [-0.3, -0.25) is 9.44 Å². The van der Waals surface area contributed by atoms with Crippen molar-refractivity contribution in [1.82, 2.24) is 0 Å². The van der Waals surface area contributed by atoms with E-state index in [2.05, 4.69) is 9.44 Å². The molecule has 0 bridgehead atoms. The molecule has 19 heavy (non-hydrogen) atoms. The van der Waals surface area contributed by atoms with E-state index in [1.54, 1.807) is 6.07 Å². The summed E-state index contributed by atoms with van der Waals surface area (Å²) >= 11 is 5.44. The Hall–Kier alpha value is -0.990. The first-order valence-corrected chi connectivity index (χ1v) is 9.44. The molecular weight excluding hydrogens is 312 g/mol. The summed E-state index contributed by atoms with van der Waals surface area (Å²) in [4.78, 5) is 0. The lowest BCUT2D eigenvalue weighted by molar-refractivity contribution is 0.599. The van der Waals surface area contributed by atoms with Gasteiger partial charge in [-0.05, 0) is 24.6 Å². The van der Waals surface area contributed by atoms with E-state index in [0.717, 1.165) is 6.26 Å². The summed E-state index contributed by atoms with van der Waals surface area (Å²) in [6.07, 6.45) is 1.36. The third-order valence-electron chi connectivity index (χ3n) is 1.99. The van der Waals surface area contributed by atoms with Crippen LogP contribution in [0.25, 0.3) is 0 Å². The second-order valence-electron chi connectivity index (χ2n) is 3.92. The molecule has 0 aliphatic carbocycles. The fourth-order valence-corrected chi connectivity index (χ4v) is 3.30. The second-order valence-corrected chi connectivity index (χ2v) is 7.89. The largest absolute Gasteiger partial charge is 0.284 e. The van der Waals surface area contributed by atoms with E-state index in [1.165, 1.54) is 18.2 Å². The predicted molar refractivity (Wildman–Crippen MR) is 77.7 cm³/mol. The number of halogens is 1. The maximum absolute atomic E-state index is 11.6. The van der Waals surface area contributed by atoms with Crippen molar-refractivity contribution in [2.24, 2.45) is 0 Å². The van der Waals surface area contributed by atoms with E-state index in [1.807, 2.05) is 0 Å². The molecular formula is C10H15ClN2O4S2. The van der Waals surface area contributed by atoms with Gasteiger partial charge in [-0.1, -0.05) is 6.07 Å². The van der Waals surface area contributed by atoms with Crippen LogP contribution in [0.15, 0.2) is 24.3 Å². The summed E-state index contributed by atoms with van der Waals surface area (Å²) in [6.45, 7) is 0. The van der Waals surface area contributed by atoms with E-state index < -0.39 is 20.0 Å². The van der Waals surface area contributed by atoms with Gasteiger partial charge in [0.1, 0.15) is 0 Å².